The van der Waals surface area contributed by atoms with Gasteiger partial charge in [0.05, 0.1) is 6.54 Å². The summed E-state index contributed by atoms with van der Waals surface area (Å²) in [5, 5.41) is 0. The molecule has 0 radical (unpaired) electrons. The van der Waals surface area contributed by atoms with Crippen molar-refractivity contribution in [1.29, 1.82) is 0 Å². The minimum atomic E-state index is -1.12. The van der Waals surface area contributed by atoms with Crippen LogP contribution >= 0.6 is 0 Å². The molecular weight excluding hydrogens is 295 g/mol. The molecule has 2 atom stereocenters. The van der Waals surface area contributed by atoms with Gasteiger partial charge in [-0.05, 0) is 37.8 Å². The first kappa shape index (κ1) is 16.0. The Kier molecular flexibility index (Phi) is 4.64. The topological polar surface area (TPSA) is 40.6 Å². The van der Waals surface area contributed by atoms with Crippen LogP contribution in [0, 0.1) is 6.92 Å². The maximum absolute atomic E-state index is 14.0. The Bertz CT molecular complexity index is 598. The van der Waals surface area contributed by atoms with Crippen LogP contribution in [0.1, 0.15) is 41.6 Å². The van der Waals surface area contributed by atoms with Crippen LogP contribution in [0.15, 0.2) is 24.3 Å². The number of hydrogen-bond acceptors (Lipinski definition) is 2. The van der Waals surface area contributed by atoms with Crippen molar-refractivity contribution >= 4 is 11.8 Å². The molecule has 23 heavy (non-hydrogen) atoms. The number of hydrogen-bond donors (Lipinski definition) is 0. The van der Waals surface area contributed by atoms with Crippen molar-refractivity contribution in [3.8, 4) is 0 Å². The van der Waals surface area contributed by atoms with E-state index in [-0.39, 0.29) is 24.8 Å². The minimum Gasteiger partial charge on any atom is -0.341 e. The monoisotopic (exact) mass is 318 g/mol. The average molecular weight is 318 g/mol. The number of piperidine rings is 1. The van der Waals surface area contributed by atoms with E-state index in [9.17, 15) is 14.0 Å². The van der Waals surface area contributed by atoms with Crippen molar-refractivity contribution in [2.24, 2.45) is 0 Å². The van der Waals surface area contributed by atoms with Crippen molar-refractivity contribution in [3.63, 3.8) is 0 Å². The van der Waals surface area contributed by atoms with Crippen LogP contribution in [0.3, 0.4) is 0 Å². The first-order valence-corrected chi connectivity index (χ1v) is 8.37. The lowest BCUT2D eigenvalue weighted by Crippen LogP contribution is -2.49. The smallest absolute Gasteiger partial charge is 0.254 e. The van der Waals surface area contributed by atoms with Gasteiger partial charge in [-0.25, -0.2) is 4.39 Å². The first-order chi connectivity index (χ1) is 11.1. The summed E-state index contributed by atoms with van der Waals surface area (Å²) in [6.07, 6.45) is 2.10. The Balaban J connectivity index is 1.80. The van der Waals surface area contributed by atoms with Crippen LogP contribution in [0.2, 0.25) is 0 Å². The fraction of sp³-hybridized carbons (Fsp3) is 0.556. The third-order valence-electron chi connectivity index (χ3n) is 4.84. The Hall–Kier alpha value is -1.91. The third kappa shape index (κ3) is 3.23. The molecule has 0 saturated carbocycles. The minimum absolute atomic E-state index is 0.0113. The Morgan fingerprint density at radius 1 is 1.13 bits per heavy atom. The summed E-state index contributed by atoms with van der Waals surface area (Å²) in [5.74, 6) is -0.328. The lowest BCUT2D eigenvalue weighted by Gasteiger charge is -2.32. The fourth-order valence-corrected chi connectivity index (χ4v) is 3.54. The molecule has 2 aliphatic heterocycles. The maximum atomic E-state index is 14.0. The second-order valence-electron chi connectivity index (χ2n) is 6.51. The van der Waals surface area contributed by atoms with Crippen molar-refractivity contribution in [2.75, 3.05) is 19.6 Å². The quantitative estimate of drug-likeness (QED) is 0.841. The average Bonchev–Trinajstić information content (AvgIpc) is 2.96. The lowest BCUT2D eigenvalue weighted by molar-refractivity contribution is -0.136. The third-order valence-corrected chi connectivity index (χ3v) is 4.84. The zero-order valence-corrected chi connectivity index (χ0v) is 13.5. The predicted octanol–water partition coefficient (Wildman–Crippen LogP) is 2.56. The van der Waals surface area contributed by atoms with Crippen molar-refractivity contribution in [1.82, 2.24) is 9.80 Å². The van der Waals surface area contributed by atoms with Crippen molar-refractivity contribution < 1.29 is 14.0 Å². The molecule has 2 heterocycles. The molecule has 124 valence electrons. The van der Waals surface area contributed by atoms with Gasteiger partial charge in [-0.2, -0.15) is 0 Å². The molecule has 2 aliphatic rings. The van der Waals surface area contributed by atoms with Gasteiger partial charge < -0.3 is 9.80 Å². The van der Waals surface area contributed by atoms with Crippen LogP contribution in [0.25, 0.3) is 0 Å². The number of rotatable bonds is 2. The van der Waals surface area contributed by atoms with Crippen LogP contribution in [0.4, 0.5) is 4.39 Å². The number of carbonyl (C=O) groups is 2. The molecule has 0 spiro atoms. The molecule has 3 rings (SSSR count). The molecule has 2 amide bonds. The number of halogens is 1. The molecular formula is C18H23FN2O2. The highest BCUT2D eigenvalue weighted by Gasteiger charge is 2.42. The van der Waals surface area contributed by atoms with Crippen LogP contribution in [-0.2, 0) is 4.79 Å². The maximum Gasteiger partial charge on any atom is 0.254 e. The number of aryl methyl sites for hydroxylation is 1. The predicted molar refractivity (Wildman–Crippen MR) is 85.9 cm³/mol. The van der Waals surface area contributed by atoms with Crippen LogP contribution in [0.5, 0.6) is 0 Å². The van der Waals surface area contributed by atoms with Gasteiger partial charge >= 0.3 is 0 Å². The number of alkyl halides is 1. The molecule has 0 aliphatic carbocycles. The molecule has 0 unspecified atom stereocenters. The summed E-state index contributed by atoms with van der Waals surface area (Å²) in [5.41, 5.74) is 1.40. The normalized spacial score (nSPS) is 24.8. The van der Waals surface area contributed by atoms with Crippen LogP contribution < -0.4 is 0 Å². The molecule has 2 saturated heterocycles. The highest BCUT2D eigenvalue weighted by molar-refractivity contribution is 5.99. The number of benzene rings is 1. The second-order valence-corrected chi connectivity index (χ2v) is 6.51. The van der Waals surface area contributed by atoms with E-state index < -0.39 is 12.2 Å². The second kappa shape index (κ2) is 6.69. The number of amides is 2. The van der Waals surface area contributed by atoms with E-state index in [0.717, 1.165) is 37.9 Å². The molecule has 2 fully saturated rings. The molecule has 0 aromatic heterocycles. The van der Waals surface area contributed by atoms with E-state index in [0.29, 0.717) is 5.56 Å². The Morgan fingerprint density at radius 3 is 2.52 bits per heavy atom. The van der Waals surface area contributed by atoms with E-state index in [4.69, 9.17) is 0 Å². The summed E-state index contributed by atoms with van der Waals surface area (Å²) in [7, 11) is 0. The zero-order valence-electron chi connectivity index (χ0n) is 13.5. The summed E-state index contributed by atoms with van der Waals surface area (Å²) >= 11 is 0. The summed E-state index contributed by atoms with van der Waals surface area (Å²) < 4.78 is 14.0. The molecule has 5 heteroatoms. The highest BCUT2D eigenvalue weighted by atomic mass is 19.1. The largest absolute Gasteiger partial charge is 0.341 e. The molecule has 4 nitrogen and oxygen atoms in total. The van der Waals surface area contributed by atoms with Gasteiger partial charge in [-0.15, -0.1) is 0 Å². The van der Waals surface area contributed by atoms with Gasteiger partial charge in [0.1, 0.15) is 12.2 Å². The van der Waals surface area contributed by atoms with E-state index in [1.807, 2.05) is 19.1 Å². The zero-order chi connectivity index (χ0) is 16.4. The molecule has 0 N–H and O–H groups in total. The standard InChI is InChI=1S/C18H23FN2O2/c1-13-7-3-4-8-15(13)17(22)21-12-14(19)11-16(21)18(23)20-9-5-2-6-10-20/h3-4,7-8,14,16H,2,5-6,9-12H2,1H3/t14-,16-/m0/s1. The van der Waals surface area contributed by atoms with E-state index >= 15 is 0 Å². The highest BCUT2D eigenvalue weighted by Crippen LogP contribution is 2.26. The van der Waals surface area contributed by atoms with Crippen molar-refractivity contribution in [3.05, 3.63) is 35.4 Å². The summed E-state index contributed by atoms with van der Waals surface area (Å²) in [6, 6.07) is 6.61. The SMILES string of the molecule is Cc1ccccc1C(=O)N1C[C@@H](F)C[C@H]1C(=O)N1CCCCC1. The number of carbonyl (C=O) groups excluding carboxylic acids is 2. The molecule has 1 aromatic rings. The fourth-order valence-electron chi connectivity index (χ4n) is 3.54. The van der Waals surface area contributed by atoms with E-state index in [1.165, 1.54) is 4.90 Å². The summed E-state index contributed by atoms with van der Waals surface area (Å²) in [4.78, 5) is 28.8. The number of likely N-dealkylation sites (tertiary alicyclic amines) is 2. The Morgan fingerprint density at radius 2 is 1.83 bits per heavy atom. The summed E-state index contributed by atoms with van der Waals surface area (Å²) in [6.45, 7) is 3.31. The van der Waals surface area contributed by atoms with Gasteiger partial charge in [0, 0.05) is 25.1 Å². The number of nitrogens with zero attached hydrogens (tertiary/aromatic N) is 2. The van der Waals surface area contributed by atoms with Gasteiger partial charge in [-0.3, -0.25) is 9.59 Å². The van der Waals surface area contributed by atoms with Gasteiger partial charge in [0.2, 0.25) is 5.91 Å². The van der Waals surface area contributed by atoms with Crippen LogP contribution in [-0.4, -0.2) is 53.5 Å². The van der Waals surface area contributed by atoms with Gasteiger partial charge in [-0.1, -0.05) is 18.2 Å². The first-order valence-electron chi connectivity index (χ1n) is 8.37. The lowest BCUT2D eigenvalue weighted by atomic mass is 10.1. The Labute approximate surface area is 136 Å². The van der Waals surface area contributed by atoms with E-state index in [1.54, 1.807) is 17.0 Å². The van der Waals surface area contributed by atoms with E-state index in [2.05, 4.69) is 0 Å². The van der Waals surface area contributed by atoms with Gasteiger partial charge in [0.15, 0.2) is 0 Å². The molecule has 1 aromatic carbocycles. The van der Waals surface area contributed by atoms with Crippen molar-refractivity contribution in [2.45, 2.75) is 44.8 Å². The molecule has 0 bridgehead atoms. The van der Waals surface area contributed by atoms with Gasteiger partial charge in [0.25, 0.3) is 5.91 Å².